The fraction of sp³-hybridized carbons (Fsp3) is 0.500. The fourth-order valence-electron chi connectivity index (χ4n) is 4.44. The quantitative estimate of drug-likeness (QED) is 0.453. The zero-order chi connectivity index (χ0) is 22.3. The summed E-state index contributed by atoms with van der Waals surface area (Å²) < 4.78 is 19.6. The third-order valence-corrected chi connectivity index (χ3v) is 6.00. The molecule has 0 aliphatic carbocycles. The molecule has 32 heavy (non-hydrogen) atoms. The lowest BCUT2D eigenvalue weighted by Gasteiger charge is -2.28. The number of ether oxygens (including phenoxy) is 3. The maximum Gasteiger partial charge on any atom is 0.150 e. The van der Waals surface area contributed by atoms with Gasteiger partial charge in [0, 0.05) is 48.7 Å². The first-order valence-electron chi connectivity index (χ1n) is 11.9. The molecule has 0 bridgehead atoms. The van der Waals surface area contributed by atoms with Crippen LogP contribution in [0.3, 0.4) is 0 Å². The van der Waals surface area contributed by atoms with Crippen LogP contribution >= 0.6 is 0 Å². The van der Waals surface area contributed by atoms with Crippen molar-refractivity contribution in [3.63, 3.8) is 0 Å². The van der Waals surface area contributed by atoms with Crippen molar-refractivity contribution in [1.29, 1.82) is 0 Å². The Labute approximate surface area is 191 Å². The van der Waals surface area contributed by atoms with Crippen molar-refractivity contribution < 1.29 is 14.2 Å². The molecule has 6 nitrogen and oxygen atoms in total. The topological polar surface area (TPSA) is 48.2 Å². The number of rotatable bonds is 10. The highest BCUT2D eigenvalue weighted by Crippen LogP contribution is 2.36. The van der Waals surface area contributed by atoms with Crippen LogP contribution in [0.25, 0.3) is 16.6 Å². The van der Waals surface area contributed by atoms with Crippen molar-refractivity contribution in [3.8, 4) is 11.1 Å². The lowest BCUT2D eigenvalue weighted by molar-refractivity contribution is 0.120. The first kappa shape index (κ1) is 22.8. The Kier molecular flexibility index (Phi) is 7.79. The number of aryl methyl sites for hydroxylation is 1. The SMILES string of the molecule is CCCc1c(COCC)c(COCC)c2c(-c3ccccc3)cc(N3CCOCC3)nn12. The molecule has 3 heterocycles. The summed E-state index contributed by atoms with van der Waals surface area (Å²) in [5.41, 5.74) is 7.18. The van der Waals surface area contributed by atoms with Gasteiger partial charge in [0.15, 0.2) is 0 Å². The Morgan fingerprint density at radius 2 is 1.62 bits per heavy atom. The molecule has 0 atom stereocenters. The molecule has 2 aromatic heterocycles. The lowest BCUT2D eigenvalue weighted by atomic mass is 10.0. The molecule has 0 amide bonds. The average Bonchev–Trinajstić information content (AvgIpc) is 3.14. The van der Waals surface area contributed by atoms with Gasteiger partial charge in [-0.05, 0) is 31.9 Å². The van der Waals surface area contributed by atoms with Crippen molar-refractivity contribution in [2.45, 2.75) is 46.8 Å². The van der Waals surface area contributed by atoms with E-state index in [0.717, 1.165) is 50.5 Å². The van der Waals surface area contributed by atoms with Gasteiger partial charge >= 0.3 is 0 Å². The van der Waals surface area contributed by atoms with Crippen LogP contribution in [0.5, 0.6) is 0 Å². The second-order valence-corrected chi connectivity index (χ2v) is 8.07. The van der Waals surface area contributed by atoms with Crippen molar-refractivity contribution >= 4 is 11.3 Å². The summed E-state index contributed by atoms with van der Waals surface area (Å²) in [6.07, 6.45) is 1.99. The van der Waals surface area contributed by atoms with Crippen molar-refractivity contribution in [1.82, 2.24) is 9.61 Å². The Morgan fingerprint density at radius 1 is 0.938 bits per heavy atom. The van der Waals surface area contributed by atoms with Gasteiger partial charge in [0.05, 0.1) is 31.9 Å². The van der Waals surface area contributed by atoms with Gasteiger partial charge in [-0.2, -0.15) is 5.10 Å². The van der Waals surface area contributed by atoms with Gasteiger partial charge < -0.3 is 19.1 Å². The predicted molar refractivity (Wildman–Crippen MR) is 128 cm³/mol. The van der Waals surface area contributed by atoms with E-state index in [1.54, 1.807) is 0 Å². The molecule has 0 N–H and O–H groups in total. The van der Waals surface area contributed by atoms with E-state index in [4.69, 9.17) is 19.3 Å². The minimum absolute atomic E-state index is 0.560. The zero-order valence-electron chi connectivity index (χ0n) is 19.6. The molecular weight excluding hydrogens is 402 g/mol. The number of nitrogens with zero attached hydrogens (tertiary/aromatic N) is 3. The molecule has 1 aliphatic heterocycles. The molecule has 1 aliphatic rings. The van der Waals surface area contributed by atoms with Gasteiger partial charge in [-0.15, -0.1) is 0 Å². The Hall–Kier alpha value is -2.41. The van der Waals surface area contributed by atoms with Gasteiger partial charge in [-0.3, -0.25) is 0 Å². The van der Waals surface area contributed by atoms with Crippen molar-refractivity contribution in [2.24, 2.45) is 0 Å². The maximum absolute atomic E-state index is 5.95. The van der Waals surface area contributed by atoms with Crippen LogP contribution in [0, 0.1) is 0 Å². The van der Waals surface area contributed by atoms with E-state index >= 15 is 0 Å². The van der Waals surface area contributed by atoms with Gasteiger partial charge in [-0.1, -0.05) is 43.7 Å². The highest BCUT2D eigenvalue weighted by Gasteiger charge is 2.24. The van der Waals surface area contributed by atoms with E-state index in [1.807, 2.05) is 13.8 Å². The molecular formula is C26H35N3O3. The molecule has 0 radical (unpaired) electrons. The molecule has 1 saturated heterocycles. The third kappa shape index (κ3) is 4.68. The summed E-state index contributed by atoms with van der Waals surface area (Å²) in [5, 5.41) is 5.18. The van der Waals surface area contributed by atoms with E-state index in [9.17, 15) is 0 Å². The van der Waals surface area contributed by atoms with E-state index in [0.29, 0.717) is 26.4 Å². The van der Waals surface area contributed by atoms with Crippen molar-refractivity contribution in [3.05, 3.63) is 53.2 Å². The third-order valence-electron chi connectivity index (χ3n) is 6.00. The molecule has 0 unspecified atom stereocenters. The number of morpholine rings is 1. The summed E-state index contributed by atoms with van der Waals surface area (Å²) in [6, 6.07) is 12.9. The number of fused-ring (bicyclic) bond motifs is 1. The number of benzene rings is 1. The van der Waals surface area contributed by atoms with Crippen LogP contribution in [-0.4, -0.2) is 49.1 Å². The number of hydrogen-bond acceptors (Lipinski definition) is 5. The summed E-state index contributed by atoms with van der Waals surface area (Å²) in [4.78, 5) is 2.33. The van der Waals surface area contributed by atoms with Crippen LogP contribution in [0.15, 0.2) is 36.4 Å². The van der Waals surface area contributed by atoms with Gasteiger partial charge in [-0.25, -0.2) is 4.52 Å². The van der Waals surface area contributed by atoms with Crippen molar-refractivity contribution in [2.75, 3.05) is 44.4 Å². The summed E-state index contributed by atoms with van der Waals surface area (Å²) in [7, 11) is 0. The molecule has 1 aromatic carbocycles. The molecule has 0 saturated carbocycles. The first-order valence-corrected chi connectivity index (χ1v) is 11.9. The number of hydrogen-bond donors (Lipinski definition) is 0. The molecule has 4 rings (SSSR count). The molecule has 0 spiro atoms. The average molecular weight is 438 g/mol. The van der Waals surface area contributed by atoms with E-state index in [2.05, 4.69) is 52.7 Å². The molecule has 3 aromatic rings. The highest BCUT2D eigenvalue weighted by atomic mass is 16.5. The van der Waals surface area contributed by atoms with Gasteiger partial charge in [0.2, 0.25) is 0 Å². The summed E-state index contributed by atoms with van der Waals surface area (Å²) in [5.74, 6) is 0.998. The Morgan fingerprint density at radius 3 is 2.28 bits per heavy atom. The molecule has 1 fully saturated rings. The molecule has 6 heteroatoms. The number of aromatic nitrogens is 2. The molecule has 172 valence electrons. The van der Waals surface area contributed by atoms with E-state index < -0.39 is 0 Å². The monoisotopic (exact) mass is 437 g/mol. The van der Waals surface area contributed by atoms with Crippen LogP contribution in [0.1, 0.15) is 44.0 Å². The zero-order valence-corrected chi connectivity index (χ0v) is 19.6. The van der Waals surface area contributed by atoms with Crippen LogP contribution < -0.4 is 4.90 Å². The minimum atomic E-state index is 0.560. The van der Waals surface area contributed by atoms with E-state index in [1.165, 1.54) is 27.9 Å². The fourth-order valence-corrected chi connectivity index (χ4v) is 4.44. The Bertz CT molecular complexity index is 1010. The lowest BCUT2D eigenvalue weighted by Crippen LogP contribution is -2.37. The second-order valence-electron chi connectivity index (χ2n) is 8.07. The first-order chi connectivity index (χ1) is 15.8. The van der Waals surface area contributed by atoms with Gasteiger partial charge in [0.1, 0.15) is 5.82 Å². The van der Waals surface area contributed by atoms with Crippen LogP contribution in [-0.2, 0) is 33.8 Å². The largest absolute Gasteiger partial charge is 0.378 e. The minimum Gasteiger partial charge on any atom is -0.378 e. The highest BCUT2D eigenvalue weighted by molar-refractivity contribution is 5.86. The normalized spacial score (nSPS) is 14.4. The second kappa shape index (κ2) is 10.9. The predicted octanol–water partition coefficient (Wildman–Crippen LogP) is 4.86. The van der Waals surface area contributed by atoms with Crippen LogP contribution in [0.2, 0.25) is 0 Å². The van der Waals surface area contributed by atoms with Gasteiger partial charge in [0.25, 0.3) is 0 Å². The summed E-state index contributed by atoms with van der Waals surface area (Å²) in [6.45, 7) is 12.0. The Balaban J connectivity index is 1.99. The van der Waals surface area contributed by atoms with Crippen LogP contribution in [0.4, 0.5) is 5.82 Å². The number of anilines is 1. The summed E-state index contributed by atoms with van der Waals surface area (Å²) >= 11 is 0. The smallest absolute Gasteiger partial charge is 0.150 e. The maximum atomic E-state index is 5.95. The van der Waals surface area contributed by atoms with E-state index in [-0.39, 0.29) is 0 Å². The standard InChI is InChI=1S/C26H35N3O3/c1-4-10-24-22(18-30-5-2)23(19-31-6-3)26-21(20-11-8-7-9-12-20)17-25(27-29(24)26)28-13-15-32-16-14-28/h7-9,11-12,17H,4-6,10,13-16,18-19H2,1-3H3.